The van der Waals surface area contributed by atoms with Crippen molar-refractivity contribution in [3.05, 3.63) is 21.4 Å². The minimum absolute atomic E-state index is 0.00383. The zero-order valence-electron chi connectivity index (χ0n) is 10.0. The average molecular weight is 274 g/mol. The van der Waals surface area contributed by atoms with Crippen LogP contribution in [0.25, 0.3) is 0 Å². The molecule has 2 heterocycles. The molecule has 17 heavy (non-hydrogen) atoms. The topological polar surface area (TPSA) is 29.5 Å². The molecule has 0 spiro atoms. The van der Waals surface area contributed by atoms with Crippen molar-refractivity contribution in [2.45, 2.75) is 19.2 Å². The molecule has 94 valence electrons. The molecule has 1 aromatic heterocycles. The lowest BCUT2D eigenvalue weighted by Gasteiger charge is -2.28. The van der Waals surface area contributed by atoms with Crippen molar-refractivity contribution >= 4 is 28.8 Å². The minimum Gasteiger partial charge on any atom is -0.378 e. The summed E-state index contributed by atoms with van der Waals surface area (Å²) in [4.78, 5) is 16.3. The van der Waals surface area contributed by atoms with Gasteiger partial charge >= 0.3 is 0 Å². The molecule has 1 fully saturated rings. The Balaban J connectivity index is 2.11. The maximum Gasteiger partial charge on any atom is 0.245 e. The monoisotopic (exact) mass is 273 g/mol. The van der Waals surface area contributed by atoms with Gasteiger partial charge in [-0.25, -0.2) is 0 Å². The lowest BCUT2D eigenvalue weighted by Crippen LogP contribution is -2.42. The lowest BCUT2D eigenvalue weighted by molar-refractivity contribution is -0.134. The largest absolute Gasteiger partial charge is 0.378 e. The molecule has 0 radical (unpaired) electrons. The van der Waals surface area contributed by atoms with E-state index < -0.39 is 5.38 Å². The van der Waals surface area contributed by atoms with Crippen LogP contribution in [0.1, 0.15) is 20.7 Å². The number of thiophene rings is 1. The van der Waals surface area contributed by atoms with Crippen LogP contribution in [0.2, 0.25) is 0 Å². The van der Waals surface area contributed by atoms with Crippen molar-refractivity contribution < 1.29 is 9.53 Å². The first-order valence-corrected chi connectivity index (χ1v) is 6.92. The molecule has 1 aliphatic heterocycles. The van der Waals surface area contributed by atoms with Crippen molar-refractivity contribution in [2.24, 2.45) is 0 Å². The number of halogens is 1. The van der Waals surface area contributed by atoms with Crippen LogP contribution in [0.15, 0.2) is 6.07 Å². The highest BCUT2D eigenvalue weighted by Gasteiger charge is 2.27. The first-order chi connectivity index (χ1) is 8.09. The maximum absolute atomic E-state index is 12.2. The van der Waals surface area contributed by atoms with Gasteiger partial charge < -0.3 is 9.64 Å². The van der Waals surface area contributed by atoms with Gasteiger partial charge in [0.1, 0.15) is 5.38 Å². The highest BCUT2D eigenvalue weighted by Crippen LogP contribution is 2.31. The smallest absolute Gasteiger partial charge is 0.245 e. The third-order valence-electron chi connectivity index (χ3n) is 2.89. The molecular weight excluding hydrogens is 258 g/mol. The molecule has 0 saturated carbocycles. The Morgan fingerprint density at radius 2 is 2.12 bits per heavy atom. The summed E-state index contributed by atoms with van der Waals surface area (Å²) in [6.45, 7) is 6.54. The fourth-order valence-corrected chi connectivity index (χ4v) is 3.37. The van der Waals surface area contributed by atoms with Gasteiger partial charge in [0, 0.05) is 22.8 Å². The summed E-state index contributed by atoms with van der Waals surface area (Å²) in [5.74, 6) is -0.00383. The van der Waals surface area contributed by atoms with Crippen molar-refractivity contribution in [1.29, 1.82) is 0 Å². The van der Waals surface area contributed by atoms with Crippen LogP contribution < -0.4 is 0 Å². The number of ether oxygens (including phenoxy) is 1. The molecule has 2 rings (SSSR count). The molecule has 0 aliphatic carbocycles. The van der Waals surface area contributed by atoms with E-state index in [-0.39, 0.29) is 5.91 Å². The summed E-state index contributed by atoms with van der Waals surface area (Å²) in [6, 6.07) is 2.01. The number of hydrogen-bond donors (Lipinski definition) is 0. The molecule has 5 heteroatoms. The number of hydrogen-bond acceptors (Lipinski definition) is 3. The van der Waals surface area contributed by atoms with Crippen LogP contribution in [0.5, 0.6) is 0 Å². The Morgan fingerprint density at radius 3 is 2.65 bits per heavy atom. The van der Waals surface area contributed by atoms with E-state index in [4.69, 9.17) is 16.3 Å². The molecule has 0 bridgehead atoms. The van der Waals surface area contributed by atoms with Crippen molar-refractivity contribution in [1.82, 2.24) is 4.90 Å². The van der Waals surface area contributed by atoms with Gasteiger partial charge in [0.2, 0.25) is 5.91 Å². The van der Waals surface area contributed by atoms with Gasteiger partial charge in [0.05, 0.1) is 13.2 Å². The predicted octanol–water partition coefficient (Wildman–Crippen LogP) is 2.50. The number of amides is 1. The fourth-order valence-electron chi connectivity index (χ4n) is 1.98. The highest BCUT2D eigenvalue weighted by atomic mass is 35.5. The van der Waals surface area contributed by atoms with Gasteiger partial charge in [-0.2, -0.15) is 0 Å². The van der Waals surface area contributed by atoms with Gasteiger partial charge in [0.15, 0.2) is 0 Å². The van der Waals surface area contributed by atoms with Gasteiger partial charge in [0.25, 0.3) is 0 Å². The van der Waals surface area contributed by atoms with E-state index in [1.165, 1.54) is 4.88 Å². The number of carbonyl (C=O) groups excluding carboxylic acids is 1. The number of nitrogens with zero attached hydrogens (tertiary/aromatic N) is 1. The second-order valence-electron chi connectivity index (χ2n) is 4.17. The first kappa shape index (κ1) is 12.9. The standard InChI is InChI=1S/C12H16ClNO2S/c1-8-7-10(9(2)17-8)11(13)12(15)14-3-5-16-6-4-14/h7,11H,3-6H2,1-2H3. The Kier molecular flexibility index (Phi) is 4.07. The molecule has 1 saturated heterocycles. The predicted molar refractivity (Wildman–Crippen MR) is 69.8 cm³/mol. The molecule has 1 atom stereocenters. The van der Waals surface area contributed by atoms with Gasteiger partial charge in [-0.05, 0) is 25.5 Å². The molecule has 0 N–H and O–H groups in total. The minimum atomic E-state index is -0.557. The average Bonchev–Trinajstić information content (AvgIpc) is 2.68. The second kappa shape index (κ2) is 5.38. The number of aryl methyl sites for hydroxylation is 2. The maximum atomic E-state index is 12.2. The Labute approximate surface area is 110 Å². The van der Waals surface area contributed by atoms with Gasteiger partial charge in [-0.1, -0.05) is 0 Å². The zero-order chi connectivity index (χ0) is 12.4. The Hall–Kier alpha value is -0.580. The third-order valence-corrected chi connectivity index (χ3v) is 4.30. The zero-order valence-corrected chi connectivity index (χ0v) is 11.6. The number of carbonyl (C=O) groups is 1. The molecule has 1 aromatic rings. The van der Waals surface area contributed by atoms with E-state index in [1.807, 2.05) is 19.9 Å². The quantitative estimate of drug-likeness (QED) is 0.775. The van der Waals surface area contributed by atoms with Crippen LogP contribution in [-0.2, 0) is 9.53 Å². The SMILES string of the molecule is Cc1cc(C(Cl)C(=O)N2CCOCC2)c(C)s1. The van der Waals surface area contributed by atoms with E-state index in [9.17, 15) is 4.79 Å². The number of rotatable bonds is 2. The van der Waals surface area contributed by atoms with E-state index in [0.717, 1.165) is 10.4 Å². The summed E-state index contributed by atoms with van der Waals surface area (Å²) in [5.41, 5.74) is 0.950. The molecule has 1 amide bonds. The normalized spacial score (nSPS) is 18.2. The van der Waals surface area contributed by atoms with Crippen molar-refractivity contribution in [2.75, 3.05) is 26.3 Å². The second-order valence-corrected chi connectivity index (χ2v) is 6.07. The molecule has 1 aliphatic rings. The van der Waals surface area contributed by atoms with Crippen LogP contribution in [0, 0.1) is 13.8 Å². The van der Waals surface area contributed by atoms with Gasteiger partial charge in [-0.15, -0.1) is 22.9 Å². The van der Waals surface area contributed by atoms with Crippen LogP contribution >= 0.6 is 22.9 Å². The number of morpholine rings is 1. The van der Waals surface area contributed by atoms with E-state index in [1.54, 1.807) is 16.2 Å². The Bertz CT molecular complexity index is 413. The van der Waals surface area contributed by atoms with Crippen LogP contribution in [-0.4, -0.2) is 37.1 Å². The van der Waals surface area contributed by atoms with Crippen LogP contribution in [0.3, 0.4) is 0 Å². The summed E-state index contributed by atoms with van der Waals surface area (Å²) in [7, 11) is 0. The molecule has 0 aromatic carbocycles. The summed E-state index contributed by atoms with van der Waals surface area (Å²) >= 11 is 7.97. The molecule has 3 nitrogen and oxygen atoms in total. The highest BCUT2D eigenvalue weighted by molar-refractivity contribution is 7.12. The molecule has 1 unspecified atom stereocenters. The van der Waals surface area contributed by atoms with E-state index in [0.29, 0.717) is 26.3 Å². The van der Waals surface area contributed by atoms with Crippen LogP contribution in [0.4, 0.5) is 0 Å². The Morgan fingerprint density at radius 1 is 1.47 bits per heavy atom. The summed E-state index contributed by atoms with van der Waals surface area (Å²) in [6.07, 6.45) is 0. The summed E-state index contributed by atoms with van der Waals surface area (Å²) in [5, 5.41) is -0.557. The third kappa shape index (κ3) is 2.81. The molecular formula is C12H16ClNO2S. The fraction of sp³-hybridized carbons (Fsp3) is 0.583. The first-order valence-electron chi connectivity index (χ1n) is 5.67. The van der Waals surface area contributed by atoms with Gasteiger partial charge in [-0.3, -0.25) is 4.79 Å². The lowest BCUT2D eigenvalue weighted by atomic mass is 10.1. The van der Waals surface area contributed by atoms with E-state index >= 15 is 0 Å². The summed E-state index contributed by atoms with van der Waals surface area (Å²) < 4.78 is 5.23. The van der Waals surface area contributed by atoms with Crippen molar-refractivity contribution in [3.63, 3.8) is 0 Å². The number of alkyl halides is 1. The van der Waals surface area contributed by atoms with E-state index in [2.05, 4.69) is 0 Å². The van der Waals surface area contributed by atoms with Crippen molar-refractivity contribution in [3.8, 4) is 0 Å².